The number of hydrogen-bond acceptors (Lipinski definition) is 3. The van der Waals surface area contributed by atoms with Crippen LogP contribution in [-0.4, -0.2) is 19.7 Å². The van der Waals surface area contributed by atoms with E-state index in [0.29, 0.717) is 12.1 Å². The lowest BCUT2D eigenvalue weighted by Crippen LogP contribution is -2.34. The van der Waals surface area contributed by atoms with Crippen LogP contribution >= 0.6 is 0 Å². The van der Waals surface area contributed by atoms with E-state index < -0.39 is 11.6 Å². The molecule has 2 aromatic carbocycles. The van der Waals surface area contributed by atoms with Crippen LogP contribution in [0.15, 0.2) is 36.4 Å². The van der Waals surface area contributed by atoms with Crippen LogP contribution in [0.1, 0.15) is 18.4 Å². The third-order valence-corrected chi connectivity index (χ3v) is 4.07. The average Bonchev–Trinajstić information content (AvgIpc) is 2.56. The third-order valence-electron chi connectivity index (χ3n) is 4.07. The van der Waals surface area contributed by atoms with E-state index >= 15 is 0 Å². The standard InChI is InChI=1S/C18H19F3N2O/c1-22-9-3-4-14-11-12-10-13(19)7-8-16(12)23(24-14)17-6-2-5-15(20)18(17)21/h2,5-8,10,14,22H,3-4,9,11H2,1H3. The maximum atomic E-state index is 14.2. The van der Waals surface area contributed by atoms with Gasteiger partial charge in [-0.05, 0) is 62.3 Å². The fourth-order valence-electron chi connectivity index (χ4n) is 2.90. The first-order chi connectivity index (χ1) is 11.6. The van der Waals surface area contributed by atoms with Crippen LogP contribution in [0.3, 0.4) is 0 Å². The first-order valence-corrected chi connectivity index (χ1v) is 7.94. The van der Waals surface area contributed by atoms with Crippen molar-refractivity contribution in [3.63, 3.8) is 0 Å². The lowest BCUT2D eigenvalue weighted by molar-refractivity contribution is 0.0356. The van der Waals surface area contributed by atoms with E-state index in [9.17, 15) is 13.2 Å². The molecule has 3 nitrogen and oxygen atoms in total. The summed E-state index contributed by atoms with van der Waals surface area (Å²) in [6.45, 7) is 0.824. The lowest BCUT2D eigenvalue weighted by atomic mass is 10.00. The van der Waals surface area contributed by atoms with Gasteiger partial charge in [-0.1, -0.05) is 6.07 Å². The molecule has 0 amide bonds. The Kier molecular flexibility index (Phi) is 5.06. The summed E-state index contributed by atoms with van der Waals surface area (Å²) in [5.41, 5.74) is 1.24. The van der Waals surface area contributed by atoms with Crippen molar-refractivity contribution in [2.24, 2.45) is 0 Å². The van der Waals surface area contributed by atoms with Gasteiger partial charge in [-0.2, -0.15) is 0 Å². The molecule has 0 saturated carbocycles. The Hall–Kier alpha value is -2.05. The van der Waals surface area contributed by atoms with Crippen LogP contribution in [0.2, 0.25) is 0 Å². The second kappa shape index (κ2) is 7.23. The fraction of sp³-hybridized carbons (Fsp3) is 0.333. The van der Waals surface area contributed by atoms with Crippen LogP contribution in [0.5, 0.6) is 0 Å². The maximum Gasteiger partial charge on any atom is 0.184 e. The number of rotatable bonds is 5. The normalized spacial score (nSPS) is 17.0. The molecule has 0 aromatic heterocycles. The van der Waals surface area contributed by atoms with Crippen molar-refractivity contribution in [2.45, 2.75) is 25.4 Å². The van der Waals surface area contributed by atoms with Gasteiger partial charge in [0.1, 0.15) is 11.5 Å². The Labute approximate surface area is 139 Å². The highest BCUT2D eigenvalue weighted by Gasteiger charge is 2.29. The minimum atomic E-state index is -0.983. The molecule has 3 rings (SSSR count). The van der Waals surface area contributed by atoms with E-state index in [1.165, 1.54) is 35.4 Å². The van der Waals surface area contributed by atoms with Crippen molar-refractivity contribution in [2.75, 3.05) is 18.7 Å². The summed E-state index contributed by atoms with van der Waals surface area (Å²) in [4.78, 5) is 5.90. The van der Waals surface area contributed by atoms with Gasteiger partial charge in [-0.25, -0.2) is 18.2 Å². The molecule has 0 saturated heterocycles. The molecule has 0 aliphatic carbocycles. The molecule has 0 fully saturated rings. The minimum absolute atomic E-state index is 0.0128. The summed E-state index contributed by atoms with van der Waals surface area (Å²) in [5, 5.41) is 4.33. The van der Waals surface area contributed by atoms with Crippen LogP contribution in [-0.2, 0) is 11.3 Å². The van der Waals surface area contributed by atoms with Gasteiger partial charge in [0.25, 0.3) is 0 Å². The van der Waals surface area contributed by atoms with Gasteiger partial charge in [0.2, 0.25) is 0 Å². The number of anilines is 2. The van der Waals surface area contributed by atoms with E-state index in [-0.39, 0.29) is 17.6 Å². The molecule has 1 unspecified atom stereocenters. The molecule has 1 N–H and O–H groups in total. The van der Waals surface area contributed by atoms with E-state index in [4.69, 9.17) is 4.84 Å². The van der Waals surface area contributed by atoms with Gasteiger partial charge >= 0.3 is 0 Å². The van der Waals surface area contributed by atoms with Crippen molar-refractivity contribution in [3.8, 4) is 0 Å². The molecule has 128 valence electrons. The Morgan fingerprint density at radius 3 is 2.79 bits per heavy atom. The molecule has 1 atom stereocenters. The lowest BCUT2D eigenvalue weighted by Gasteiger charge is -2.35. The maximum absolute atomic E-state index is 14.2. The molecule has 1 aliphatic heterocycles. The second-order valence-electron chi connectivity index (χ2n) is 5.82. The molecular formula is C18H19F3N2O. The summed E-state index contributed by atoms with van der Waals surface area (Å²) in [7, 11) is 1.86. The van der Waals surface area contributed by atoms with E-state index in [0.717, 1.165) is 31.0 Å². The Balaban J connectivity index is 1.96. The molecule has 0 bridgehead atoms. The smallest absolute Gasteiger partial charge is 0.184 e. The second-order valence-corrected chi connectivity index (χ2v) is 5.82. The summed E-state index contributed by atoms with van der Waals surface area (Å²) < 4.78 is 41.4. The molecule has 6 heteroatoms. The number of nitrogens with zero attached hydrogens (tertiary/aromatic N) is 1. The largest absolute Gasteiger partial charge is 0.320 e. The highest BCUT2D eigenvalue weighted by Crippen LogP contribution is 2.37. The van der Waals surface area contributed by atoms with Crippen molar-refractivity contribution >= 4 is 11.4 Å². The zero-order valence-electron chi connectivity index (χ0n) is 13.4. The van der Waals surface area contributed by atoms with Crippen LogP contribution in [0.25, 0.3) is 0 Å². The zero-order valence-corrected chi connectivity index (χ0v) is 13.4. The quantitative estimate of drug-likeness (QED) is 0.832. The van der Waals surface area contributed by atoms with Gasteiger partial charge in [0.05, 0.1) is 11.8 Å². The number of hydrogen-bond donors (Lipinski definition) is 1. The van der Waals surface area contributed by atoms with Crippen molar-refractivity contribution < 1.29 is 18.0 Å². The van der Waals surface area contributed by atoms with Gasteiger partial charge in [-0.3, -0.25) is 4.84 Å². The van der Waals surface area contributed by atoms with Crippen molar-refractivity contribution in [1.29, 1.82) is 0 Å². The molecule has 0 spiro atoms. The number of benzene rings is 2. The number of halogens is 3. The third kappa shape index (κ3) is 3.39. The van der Waals surface area contributed by atoms with E-state index in [1.807, 2.05) is 7.05 Å². The van der Waals surface area contributed by atoms with E-state index in [1.54, 1.807) is 0 Å². The van der Waals surface area contributed by atoms with Gasteiger partial charge in [-0.15, -0.1) is 0 Å². The van der Waals surface area contributed by atoms with Crippen LogP contribution < -0.4 is 10.4 Å². The summed E-state index contributed by atoms with van der Waals surface area (Å²) in [6, 6.07) is 8.16. The number of fused-ring (bicyclic) bond motifs is 1. The number of nitrogens with one attached hydrogen (secondary N) is 1. The first-order valence-electron chi connectivity index (χ1n) is 7.94. The van der Waals surface area contributed by atoms with Crippen molar-refractivity contribution in [1.82, 2.24) is 5.32 Å². The van der Waals surface area contributed by atoms with Crippen LogP contribution in [0.4, 0.5) is 24.5 Å². The highest BCUT2D eigenvalue weighted by molar-refractivity contribution is 5.65. The minimum Gasteiger partial charge on any atom is -0.320 e. The summed E-state index contributed by atoms with van der Waals surface area (Å²) in [6.07, 6.45) is 1.90. The predicted octanol–water partition coefficient (Wildman–Crippen LogP) is 4.10. The van der Waals surface area contributed by atoms with Crippen LogP contribution in [0, 0.1) is 17.5 Å². The Morgan fingerprint density at radius 2 is 2.00 bits per heavy atom. The zero-order chi connectivity index (χ0) is 17.1. The molecule has 1 heterocycles. The molecule has 0 radical (unpaired) electrons. The molecule has 2 aromatic rings. The summed E-state index contributed by atoms with van der Waals surface area (Å²) >= 11 is 0. The van der Waals surface area contributed by atoms with E-state index in [2.05, 4.69) is 5.32 Å². The van der Waals surface area contributed by atoms with Gasteiger partial charge < -0.3 is 5.32 Å². The predicted molar refractivity (Wildman–Crippen MR) is 86.6 cm³/mol. The highest BCUT2D eigenvalue weighted by atomic mass is 19.2. The average molecular weight is 336 g/mol. The summed E-state index contributed by atoms with van der Waals surface area (Å²) in [5.74, 6) is -2.29. The van der Waals surface area contributed by atoms with Crippen molar-refractivity contribution in [3.05, 3.63) is 59.4 Å². The Morgan fingerprint density at radius 1 is 1.17 bits per heavy atom. The topological polar surface area (TPSA) is 24.5 Å². The molecular weight excluding hydrogens is 317 g/mol. The first kappa shape index (κ1) is 16.8. The fourth-order valence-corrected chi connectivity index (χ4v) is 2.90. The SMILES string of the molecule is CNCCCC1Cc2cc(F)ccc2N(c2cccc(F)c2F)O1. The Bertz CT molecular complexity index is 723. The molecule has 1 aliphatic rings. The molecule has 24 heavy (non-hydrogen) atoms. The monoisotopic (exact) mass is 336 g/mol. The van der Waals surface area contributed by atoms with Gasteiger partial charge in [0, 0.05) is 6.42 Å². The van der Waals surface area contributed by atoms with Gasteiger partial charge in [0.15, 0.2) is 11.6 Å².